The number of fused-ring (bicyclic) bond motifs is 1. The molecule has 0 saturated carbocycles. The molecule has 0 aliphatic rings. The van der Waals surface area contributed by atoms with E-state index < -0.39 is 0 Å². The van der Waals surface area contributed by atoms with Gasteiger partial charge >= 0.3 is 0 Å². The molecule has 7 nitrogen and oxygen atoms in total. The average molecular weight is 374 g/mol. The van der Waals surface area contributed by atoms with Crippen molar-refractivity contribution >= 4 is 16.8 Å². The summed E-state index contributed by atoms with van der Waals surface area (Å²) in [6, 6.07) is 9.53. The largest absolute Gasteiger partial charge is 0.348 e. The van der Waals surface area contributed by atoms with Gasteiger partial charge in [0.2, 0.25) is 0 Å². The Bertz CT molecular complexity index is 1160. The smallest absolute Gasteiger partial charge is 0.252 e. The van der Waals surface area contributed by atoms with Gasteiger partial charge in [0.25, 0.3) is 5.91 Å². The van der Waals surface area contributed by atoms with Crippen molar-refractivity contribution in [2.24, 2.45) is 7.05 Å². The van der Waals surface area contributed by atoms with Crippen molar-refractivity contribution in [3.05, 3.63) is 65.7 Å². The van der Waals surface area contributed by atoms with Crippen molar-refractivity contribution in [1.29, 1.82) is 0 Å². The first-order valence-electron chi connectivity index (χ1n) is 9.25. The van der Waals surface area contributed by atoms with Gasteiger partial charge in [0.1, 0.15) is 0 Å². The van der Waals surface area contributed by atoms with Crippen molar-refractivity contribution in [3.63, 3.8) is 0 Å². The highest BCUT2D eigenvalue weighted by atomic mass is 16.1. The van der Waals surface area contributed by atoms with Gasteiger partial charge in [-0.1, -0.05) is 18.2 Å². The van der Waals surface area contributed by atoms with Crippen LogP contribution in [0.1, 0.15) is 28.5 Å². The van der Waals surface area contributed by atoms with Crippen molar-refractivity contribution in [2.75, 3.05) is 0 Å². The van der Waals surface area contributed by atoms with Crippen LogP contribution in [-0.4, -0.2) is 30.5 Å². The summed E-state index contributed by atoms with van der Waals surface area (Å²) in [5, 5.41) is 12.5. The summed E-state index contributed by atoms with van der Waals surface area (Å²) < 4.78 is 3.60. The fourth-order valence-corrected chi connectivity index (χ4v) is 3.30. The minimum absolute atomic E-state index is 0.134. The van der Waals surface area contributed by atoms with Crippen LogP contribution in [-0.2, 0) is 20.1 Å². The fraction of sp³-hybridized carbons (Fsp3) is 0.238. The molecular formula is C21H22N6O. The molecule has 0 unspecified atom stereocenters. The Labute approximate surface area is 163 Å². The van der Waals surface area contributed by atoms with Gasteiger partial charge in [-0.05, 0) is 26.0 Å². The summed E-state index contributed by atoms with van der Waals surface area (Å²) in [6.07, 6.45) is 5.64. The van der Waals surface area contributed by atoms with Crippen molar-refractivity contribution in [1.82, 2.24) is 29.9 Å². The number of carbonyl (C=O) groups excluding carboxylic acids is 1. The minimum Gasteiger partial charge on any atom is -0.348 e. The van der Waals surface area contributed by atoms with Gasteiger partial charge in [-0.3, -0.25) is 14.2 Å². The second-order valence-corrected chi connectivity index (χ2v) is 6.76. The molecule has 3 aromatic heterocycles. The summed E-state index contributed by atoms with van der Waals surface area (Å²) in [6.45, 7) is 5.20. The lowest BCUT2D eigenvalue weighted by Gasteiger charge is -2.10. The molecule has 0 saturated heterocycles. The first kappa shape index (κ1) is 17.9. The number of pyridine rings is 1. The van der Waals surface area contributed by atoms with Crippen LogP contribution < -0.4 is 5.32 Å². The summed E-state index contributed by atoms with van der Waals surface area (Å²) in [5.74, 6) is -0.134. The molecule has 28 heavy (non-hydrogen) atoms. The minimum atomic E-state index is -0.134. The standard InChI is InChI=1S/C21H22N6O/c1-4-27-12-15(11-23-27)10-22-21(28)17-9-20(18-13-26(3)25-14(18)2)24-19-8-6-5-7-16(17)19/h5-9,11-13H,4,10H2,1-3H3,(H,22,28). The van der Waals surface area contributed by atoms with Gasteiger partial charge in [-0.15, -0.1) is 0 Å². The molecule has 142 valence electrons. The van der Waals surface area contributed by atoms with E-state index in [2.05, 4.69) is 15.5 Å². The maximum atomic E-state index is 13.0. The Morgan fingerprint density at radius 2 is 2.04 bits per heavy atom. The number of hydrogen-bond acceptors (Lipinski definition) is 4. The number of para-hydroxylation sites is 1. The lowest BCUT2D eigenvalue weighted by molar-refractivity contribution is 0.0952. The topological polar surface area (TPSA) is 77.6 Å². The zero-order valence-electron chi connectivity index (χ0n) is 16.2. The predicted molar refractivity (Wildman–Crippen MR) is 108 cm³/mol. The van der Waals surface area contributed by atoms with Crippen LogP contribution in [0.3, 0.4) is 0 Å². The number of nitrogens with one attached hydrogen (secondary N) is 1. The van der Waals surface area contributed by atoms with E-state index in [0.717, 1.165) is 40.0 Å². The van der Waals surface area contributed by atoms with Crippen LogP contribution in [0.15, 0.2) is 48.9 Å². The number of nitrogens with zero attached hydrogens (tertiary/aromatic N) is 5. The molecule has 0 fully saturated rings. The molecule has 4 aromatic rings. The molecule has 1 amide bonds. The molecule has 4 rings (SSSR count). The summed E-state index contributed by atoms with van der Waals surface area (Å²) in [5.41, 5.74) is 4.90. The Hall–Kier alpha value is -3.48. The van der Waals surface area contributed by atoms with E-state index in [1.165, 1.54) is 0 Å². The van der Waals surface area contributed by atoms with Gasteiger partial charge in [0.15, 0.2) is 0 Å². The second kappa shape index (κ2) is 7.26. The summed E-state index contributed by atoms with van der Waals surface area (Å²) >= 11 is 0. The maximum Gasteiger partial charge on any atom is 0.252 e. The molecule has 1 N–H and O–H groups in total. The third kappa shape index (κ3) is 3.38. The third-order valence-electron chi connectivity index (χ3n) is 4.71. The number of rotatable bonds is 5. The number of amides is 1. The monoisotopic (exact) mass is 374 g/mol. The molecule has 0 radical (unpaired) electrons. The zero-order chi connectivity index (χ0) is 19.7. The molecule has 1 aromatic carbocycles. The zero-order valence-corrected chi connectivity index (χ0v) is 16.2. The molecular weight excluding hydrogens is 352 g/mol. The highest BCUT2D eigenvalue weighted by molar-refractivity contribution is 6.07. The van der Waals surface area contributed by atoms with Crippen LogP contribution in [0.2, 0.25) is 0 Å². The number of benzene rings is 1. The SMILES string of the molecule is CCn1cc(CNC(=O)c2cc(-c3cn(C)nc3C)nc3ccccc23)cn1. The van der Waals surface area contributed by atoms with E-state index in [9.17, 15) is 4.79 Å². The average Bonchev–Trinajstić information content (AvgIpc) is 3.30. The number of aryl methyl sites for hydroxylation is 3. The van der Waals surface area contributed by atoms with Gasteiger partial charge in [0.05, 0.1) is 28.7 Å². The molecule has 3 heterocycles. The highest BCUT2D eigenvalue weighted by Gasteiger charge is 2.16. The Morgan fingerprint density at radius 1 is 1.21 bits per heavy atom. The third-order valence-corrected chi connectivity index (χ3v) is 4.71. The van der Waals surface area contributed by atoms with Crippen LogP contribution in [0.4, 0.5) is 0 Å². The predicted octanol–water partition coefficient (Wildman–Crippen LogP) is 3.09. The van der Waals surface area contributed by atoms with E-state index in [1.54, 1.807) is 10.9 Å². The van der Waals surface area contributed by atoms with E-state index in [4.69, 9.17) is 4.98 Å². The van der Waals surface area contributed by atoms with Crippen molar-refractivity contribution in [3.8, 4) is 11.3 Å². The van der Waals surface area contributed by atoms with Crippen LogP contribution in [0.5, 0.6) is 0 Å². The van der Waals surface area contributed by atoms with Crippen LogP contribution >= 0.6 is 0 Å². The molecule has 0 bridgehead atoms. The lowest BCUT2D eigenvalue weighted by Crippen LogP contribution is -2.23. The lowest BCUT2D eigenvalue weighted by atomic mass is 10.0. The van der Waals surface area contributed by atoms with Gasteiger partial charge < -0.3 is 5.32 Å². The van der Waals surface area contributed by atoms with E-state index >= 15 is 0 Å². The van der Waals surface area contributed by atoms with E-state index in [1.807, 2.05) is 68.3 Å². The van der Waals surface area contributed by atoms with Crippen LogP contribution in [0.25, 0.3) is 22.2 Å². The Morgan fingerprint density at radius 3 is 2.75 bits per heavy atom. The fourth-order valence-electron chi connectivity index (χ4n) is 3.30. The maximum absolute atomic E-state index is 13.0. The van der Waals surface area contributed by atoms with E-state index in [-0.39, 0.29) is 5.91 Å². The van der Waals surface area contributed by atoms with Crippen LogP contribution in [0, 0.1) is 6.92 Å². The number of hydrogen-bond donors (Lipinski definition) is 1. The first-order chi connectivity index (χ1) is 13.5. The summed E-state index contributed by atoms with van der Waals surface area (Å²) in [7, 11) is 1.88. The molecule has 7 heteroatoms. The number of aromatic nitrogens is 5. The Balaban J connectivity index is 1.70. The van der Waals surface area contributed by atoms with Gasteiger partial charge in [-0.2, -0.15) is 10.2 Å². The van der Waals surface area contributed by atoms with Gasteiger partial charge in [0, 0.05) is 49.0 Å². The molecule has 0 spiro atoms. The van der Waals surface area contributed by atoms with E-state index in [0.29, 0.717) is 12.1 Å². The normalized spacial score (nSPS) is 11.1. The van der Waals surface area contributed by atoms with Gasteiger partial charge in [-0.25, -0.2) is 4.98 Å². The highest BCUT2D eigenvalue weighted by Crippen LogP contribution is 2.26. The van der Waals surface area contributed by atoms with Crippen molar-refractivity contribution < 1.29 is 4.79 Å². The molecule has 0 aliphatic heterocycles. The quantitative estimate of drug-likeness (QED) is 0.582. The number of carbonyl (C=O) groups is 1. The molecule has 0 atom stereocenters. The first-order valence-corrected chi connectivity index (χ1v) is 9.25. The molecule has 0 aliphatic carbocycles. The Kier molecular flexibility index (Phi) is 4.65. The van der Waals surface area contributed by atoms with Crippen molar-refractivity contribution in [2.45, 2.75) is 26.9 Å². The second-order valence-electron chi connectivity index (χ2n) is 6.76. The summed E-state index contributed by atoms with van der Waals surface area (Å²) in [4.78, 5) is 17.7.